The molecule has 0 aliphatic rings. The maximum atomic E-state index is 12.3. The molecule has 0 atom stereocenters. The lowest BCUT2D eigenvalue weighted by Crippen LogP contribution is -2.15. The molecule has 0 aliphatic heterocycles. The van der Waals surface area contributed by atoms with Gasteiger partial charge in [0.25, 0.3) is 10.0 Å². The van der Waals surface area contributed by atoms with Crippen LogP contribution in [0.1, 0.15) is 15.2 Å². The fourth-order valence-corrected chi connectivity index (χ4v) is 3.57. The highest BCUT2D eigenvalue weighted by atomic mass is 32.2. The van der Waals surface area contributed by atoms with Crippen molar-refractivity contribution in [1.82, 2.24) is 0 Å². The average molecular weight is 326 g/mol. The monoisotopic (exact) mass is 326 g/mol. The molecule has 2 aromatic rings. The van der Waals surface area contributed by atoms with Gasteiger partial charge in [0.2, 0.25) is 0 Å². The summed E-state index contributed by atoms with van der Waals surface area (Å²) in [5.41, 5.74) is 7.09. The van der Waals surface area contributed by atoms with Gasteiger partial charge >= 0.3 is 5.97 Å². The molecular formula is C13H14N2O4S2. The molecule has 0 amide bonds. The van der Waals surface area contributed by atoms with Crippen LogP contribution in [0.15, 0.2) is 34.5 Å². The molecule has 0 aliphatic carbocycles. The summed E-state index contributed by atoms with van der Waals surface area (Å²) in [5, 5.41) is 1.60. The maximum Gasteiger partial charge on any atom is 0.350 e. The van der Waals surface area contributed by atoms with Crippen LogP contribution in [0, 0.1) is 6.92 Å². The van der Waals surface area contributed by atoms with Gasteiger partial charge in [-0.1, -0.05) is 6.07 Å². The minimum Gasteiger partial charge on any atom is -0.465 e. The zero-order valence-electron chi connectivity index (χ0n) is 11.4. The number of anilines is 2. The fourth-order valence-electron chi connectivity index (χ4n) is 1.63. The number of esters is 1. The van der Waals surface area contributed by atoms with Crippen LogP contribution >= 0.6 is 11.3 Å². The van der Waals surface area contributed by atoms with Crippen molar-refractivity contribution < 1.29 is 17.9 Å². The number of hydrogen-bond acceptors (Lipinski definition) is 6. The number of hydrogen-bond donors (Lipinski definition) is 2. The molecule has 0 saturated heterocycles. The van der Waals surface area contributed by atoms with E-state index in [9.17, 15) is 13.2 Å². The summed E-state index contributed by atoms with van der Waals surface area (Å²) >= 11 is 1.10. The lowest BCUT2D eigenvalue weighted by Gasteiger charge is -2.09. The van der Waals surface area contributed by atoms with Crippen molar-refractivity contribution in [3.8, 4) is 0 Å². The average Bonchev–Trinajstić information content (AvgIpc) is 2.88. The lowest BCUT2D eigenvalue weighted by molar-refractivity contribution is 0.0607. The first kappa shape index (κ1) is 15.3. The topological polar surface area (TPSA) is 98.5 Å². The summed E-state index contributed by atoms with van der Waals surface area (Å²) < 4.78 is 31.6. The van der Waals surface area contributed by atoms with Crippen molar-refractivity contribution in [2.75, 3.05) is 17.6 Å². The van der Waals surface area contributed by atoms with Gasteiger partial charge in [-0.3, -0.25) is 4.72 Å². The molecule has 0 spiro atoms. The summed E-state index contributed by atoms with van der Waals surface area (Å²) in [6, 6.07) is 5.96. The normalized spacial score (nSPS) is 11.1. The number of carbonyl (C=O) groups excluding carboxylic acids is 1. The first-order chi connectivity index (χ1) is 9.85. The van der Waals surface area contributed by atoms with Crippen LogP contribution in [-0.2, 0) is 14.8 Å². The molecule has 21 heavy (non-hydrogen) atoms. The highest BCUT2D eigenvalue weighted by Crippen LogP contribution is 2.26. The van der Waals surface area contributed by atoms with E-state index in [0.717, 1.165) is 16.9 Å². The second-order valence-electron chi connectivity index (χ2n) is 4.28. The Kier molecular flexibility index (Phi) is 4.19. The molecule has 3 N–H and O–H groups in total. The van der Waals surface area contributed by atoms with Crippen molar-refractivity contribution >= 4 is 38.7 Å². The van der Waals surface area contributed by atoms with Gasteiger partial charge in [0.15, 0.2) is 0 Å². The Morgan fingerprint density at radius 2 is 2.05 bits per heavy atom. The number of methoxy groups -OCH3 is 1. The van der Waals surface area contributed by atoms with Crippen LogP contribution < -0.4 is 10.5 Å². The zero-order chi connectivity index (χ0) is 15.6. The van der Waals surface area contributed by atoms with Gasteiger partial charge in [0.1, 0.15) is 4.88 Å². The van der Waals surface area contributed by atoms with Gasteiger partial charge in [-0.05, 0) is 36.1 Å². The minimum atomic E-state index is -3.82. The summed E-state index contributed by atoms with van der Waals surface area (Å²) in [4.78, 5) is 11.8. The number of carbonyl (C=O) groups is 1. The number of ether oxygens (including phenoxy) is 1. The Hall–Kier alpha value is -2.06. The third-order valence-electron chi connectivity index (χ3n) is 2.84. The standard InChI is InChI=1S/C13H14N2O4S2/c1-8-3-4-9(7-10(8)14)21(17,18)15-11-5-6-20-12(11)13(16)19-2/h3-7,15H,14H2,1-2H3. The van der Waals surface area contributed by atoms with Crippen LogP contribution in [0.5, 0.6) is 0 Å². The van der Waals surface area contributed by atoms with E-state index >= 15 is 0 Å². The second kappa shape index (κ2) is 5.74. The number of nitrogens with two attached hydrogens (primary N) is 1. The largest absolute Gasteiger partial charge is 0.465 e. The third-order valence-corrected chi connectivity index (χ3v) is 5.10. The molecule has 0 fully saturated rings. The van der Waals surface area contributed by atoms with E-state index in [1.165, 1.54) is 25.3 Å². The molecule has 1 aromatic heterocycles. The van der Waals surface area contributed by atoms with E-state index in [1.807, 2.05) is 0 Å². The summed E-state index contributed by atoms with van der Waals surface area (Å²) in [6.07, 6.45) is 0. The molecule has 0 bridgehead atoms. The SMILES string of the molecule is COC(=O)c1sccc1NS(=O)(=O)c1ccc(C)c(N)c1. The molecule has 2 rings (SSSR count). The molecule has 6 nitrogen and oxygen atoms in total. The maximum absolute atomic E-state index is 12.3. The van der Waals surface area contributed by atoms with Gasteiger partial charge < -0.3 is 10.5 Å². The zero-order valence-corrected chi connectivity index (χ0v) is 13.0. The molecule has 1 aromatic carbocycles. The van der Waals surface area contributed by atoms with E-state index in [2.05, 4.69) is 9.46 Å². The fraction of sp³-hybridized carbons (Fsp3) is 0.154. The number of benzene rings is 1. The van der Waals surface area contributed by atoms with E-state index in [-0.39, 0.29) is 15.5 Å². The number of sulfonamides is 1. The Balaban J connectivity index is 2.36. The summed E-state index contributed by atoms with van der Waals surface area (Å²) in [7, 11) is -2.58. The number of nitrogens with one attached hydrogen (secondary N) is 1. The Labute approximate surface area is 126 Å². The first-order valence-corrected chi connectivity index (χ1v) is 8.26. The molecule has 0 saturated carbocycles. The molecule has 112 valence electrons. The van der Waals surface area contributed by atoms with Crippen LogP contribution in [0.25, 0.3) is 0 Å². The van der Waals surface area contributed by atoms with E-state index in [1.54, 1.807) is 18.4 Å². The van der Waals surface area contributed by atoms with E-state index in [0.29, 0.717) is 5.69 Å². The first-order valence-electron chi connectivity index (χ1n) is 5.90. The van der Waals surface area contributed by atoms with Gasteiger partial charge in [0, 0.05) is 5.69 Å². The molecule has 1 heterocycles. The molecule has 0 unspecified atom stereocenters. The van der Waals surface area contributed by atoms with Gasteiger partial charge in [-0.2, -0.15) is 0 Å². The highest BCUT2D eigenvalue weighted by Gasteiger charge is 2.20. The van der Waals surface area contributed by atoms with Crippen molar-refractivity contribution in [3.63, 3.8) is 0 Å². The minimum absolute atomic E-state index is 0.0348. The van der Waals surface area contributed by atoms with Gasteiger partial charge in [-0.15, -0.1) is 11.3 Å². The summed E-state index contributed by atoms with van der Waals surface area (Å²) in [6.45, 7) is 1.79. The smallest absolute Gasteiger partial charge is 0.350 e. The summed E-state index contributed by atoms with van der Waals surface area (Å²) in [5.74, 6) is -0.592. The molecular weight excluding hydrogens is 312 g/mol. The highest BCUT2D eigenvalue weighted by molar-refractivity contribution is 7.92. The number of nitrogen functional groups attached to an aromatic ring is 1. The van der Waals surface area contributed by atoms with Crippen LogP contribution in [0.2, 0.25) is 0 Å². The van der Waals surface area contributed by atoms with Gasteiger partial charge in [-0.25, -0.2) is 13.2 Å². The van der Waals surface area contributed by atoms with Crippen LogP contribution in [0.4, 0.5) is 11.4 Å². The predicted octanol–water partition coefficient (Wildman–Crippen LogP) is 2.23. The molecule has 0 radical (unpaired) electrons. The van der Waals surface area contributed by atoms with Crippen molar-refractivity contribution in [1.29, 1.82) is 0 Å². The lowest BCUT2D eigenvalue weighted by atomic mass is 10.2. The van der Waals surface area contributed by atoms with Crippen molar-refractivity contribution in [2.24, 2.45) is 0 Å². The van der Waals surface area contributed by atoms with Crippen LogP contribution in [-0.4, -0.2) is 21.5 Å². The van der Waals surface area contributed by atoms with E-state index < -0.39 is 16.0 Å². The van der Waals surface area contributed by atoms with Gasteiger partial charge in [0.05, 0.1) is 17.7 Å². The molecule has 8 heteroatoms. The van der Waals surface area contributed by atoms with Crippen molar-refractivity contribution in [3.05, 3.63) is 40.1 Å². The third kappa shape index (κ3) is 3.17. The van der Waals surface area contributed by atoms with Crippen molar-refractivity contribution in [2.45, 2.75) is 11.8 Å². The number of thiophene rings is 1. The number of rotatable bonds is 4. The Morgan fingerprint density at radius 3 is 2.67 bits per heavy atom. The van der Waals surface area contributed by atoms with Crippen LogP contribution in [0.3, 0.4) is 0 Å². The predicted molar refractivity (Wildman–Crippen MR) is 82.1 cm³/mol. The number of aryl methyl sites for hydroxylation is 1. The quantitative estimate of drug-likeness (QED) is 0.663. The van der Waals surface area contributed by atoms with E-state index in [4.69, 9.17) is 5.73 Å². The Morgan fingerprint density at radius 1 is 1.33 bits per heavy atom. The Bertz CT molecular complexity index is 781. The second-order valence-corrected chi connectivity index (χ2v) is 6.88.